The Morgan fingerprint density at radius 2 is 1.65 bits per heavy atom. The lowest BCUT2D eigenvalue weighted by molar-refractivity contribution is -0.121. The van der Waals surface area contributed by atoms with Gasteiger partial charge in [-0.05, 0) is 59.3 Å². The van der Waals surface area contributed by atoms with Gasteiger partial charge in [-0.3, -0.25) is 9.59 Å². The summed E-state index contributed by atoms with van der Waals surface area (Å²) in [6.07, 6.45) is 4.80. The van der Waals surface area contributed by atoms with Gasteiger partial charge >= 0.3 is 6.03 Å². The van der Waals surface area contributed by atoms with Crippen LogP contribution in [0.25, 0.3) is 31.6 Å². The van der Waals surface area contributed by atoms with E-state index in [1.165, 1.54) is 6.08 Å². The molecule has 2 aromatic carbocycles. The lowest BCUT2D eigenvalue weighted by Gasteiger charge is -2.16. The molecule has 2 aliphatic rings. The molecule has 0 aromatic heterocycles. The molecule has 2 heterocycles. The van der Waals surface area contributed by atoms with Crippen molar-refractivity contribution in [3.63, 3.8) is 0 Å². The van der Waals surface area contributed by atoms with Gasteiger partial charge in [-0.25, -0.2) is 9.64 Å². The van der Waals surface area contributed by atoms with Crippen LogP contribution in [0.1, 0.15) is 38.2 Å². The van der Waals surface area contributed by atoms with E-state index in [0.717, 1.165) is 46.9 Å². The Kier molecular flexibility index (Phi) is 16.8. The quantitative estimate of drug-likeness (QED) is 0.0240. The van der Waals surface area contributed by atoms with Crippen molar-refractivity contribution in [2.75, 3.05) is 71.7 Å². The average Bonchev–Trinajstić information content (AvgIpc) is 3.68. The van der Waals surface area contributed by atoms with Crippen LogP contribution in [0.15, 0.2) is 41.5 Å². The molecule has 0 radical (unpaired) electrons. The molecule has 2 aromatic rings. The summed E-state index contributed by atoms with van der Waals surface area (Å²) in [5.41, 5.74) is 10.9. The maximum absolute atomic E-state index is 12.4. The first kappa shape index (κ1) is 39.4. The van der Waals surface area contributed by atoms with Crippen molar-refractivity contribution in [3.05, 3.63) is 63.8 Å². The molecule has 3 atom stereocenters. The molecule has 2 fully saturated rings. The highest BCUT2D eigenvalue weighted by molar-refractivity contribution is 8.00. The van der Waals surface area contributed by atoms with E-state index >= 15 is 0 Å². The van der Waals surface area contributed by atoms with Crippen LogP contribution in [0.5, 0.6) is 0 Å². The van der Waals surface area contributed by atoms with E-state index in [1.807, 2.05) is 36.9 Å². The predicted molar refractivity (Wildman–Crippen MR) is 196 cm³/mol. The van der Waals surface area contributed by atoms with Gasteiger partial charge in [0.05, 0.1) is 71.5 Å². The number of amides is 4. The van der Waals surface area contributed by atoms with Gasteiger partial charge in [-0.1, -0.05) is 29.7 Å². The second-order valence-corrected chi connectivity index (χ2v) is 13.3. The summed E-state index contributed by atoms with van der Waals surface area (Å²) in [6, 6.07) is 9.35. The van der Waals surface area contributed by atoms with Crippen LogP contribution in [-0.2, 0) is 28.5 Å². The van der Waals surface area contributed by atoms with E-state index in [0.29, 0.717) is 77.6 Å². The highest BCUT2D eigenvalue weighted by atomic mass is 32.2. The molecule has 0 bridgehead atoms. The topological polar surface area (TPSA) is 189 Å². The molecule has 15 nitrogen and oxygen atoms in total. The number of unbranched alkanes of at least 4 members (excludes halogenated alkanes) is 1. The fourth-order valence-corrected chi connectivity index (χ4v) is 7.24. The second-order valence-electron chi connectivity index (χ2n) is 12.0. The smallest absolute Gasteiger partial charge is 0.315 e. The summed E-state index contributed by atoms with van der Waals surface area (Å²) in [5.74, 6) is 0.738. The molecule has 0 spiro atoms. The summed E-state index contributed by atoms with van der Waals surface area (Å²) >= 11 is 1.89. The molecule has 16 heteroatoms. The predicted octanol–water partition coefficient (Wildman–Crippen LogP) is 4.76. The highest BCUT2D eigenvalue weighted by Crippen LogP contribution is 2.35. The number of thioether (sulfide) groups is 1. The van der Waals surface area contributed by atoms with Gasteiger partial charge in [0.15, 0.2) is 5.69 Å². The van der Waals surface area contributed by atoms with Gasteiger partial charge in [0.2, 0.25) is 11.8 Å². The number of azide groups is 1. The number of carbonyl (C=O) groups excluding carboxylic acids is 3. The van der Waals surface area contributed by atoms with Crippen molar-refractivity contribution in [2.45, 2.75) is 49.9 Å². The number of benzene rings is 2. The molecule has 4 N–H and O–H groups in total. The maximum Gasteiger partial charge on any atom is 0.315 e. The Hall–Kier alpha value is -4.36. The van der Waals surface area contributed by atoms with Crippen molar-refractivity contribution < 1.29 is 33.3 Å². The van der Waals surface area contributed by atoms with Gasteiger partial charge in [-0.2, -0.15) is 11.8 Å². The van der Waals surface area contributed by atoms with Crippen molar-refractivity contribution >= 4 is 57.3 Å². The first-order chi connectivity index (χ1) is 24.9. The molecule has 2 aliphatic heterocycles. The van der Waals surface area contributed by atoms with E-state index in [1.54, 1.807) is 12.1 Å². The molecule has 0 saturated carbocycles. The van der Waals surface area contributed by atoms with Crippen LogP contribution < -0.4 is 21.3 Å². The van der Waals surface area contributed by atoms with E-state index in [2.05, 4.69) is 36.1 Å². The van der Waals surface area contributed by atoms with Gasteiger partial charge < -0.3 is 40.2 Å². The number of nitrogens with zero attached hydrogens (tertiary/aromatic N) is 4. The first-order valence-corrected chi connectivity index (χ1v) is 18.2. The lowest BCUT2D eigenvalue weighted by atomic mass is 10.0. The van der Waals surface area contributed by atoms with E-state index in [9.17, 15) is 14.4 Å². The first-order valence-electron chi connectivity index (χ1n) is 17.1. The number of carbonyl (C=O) groups is 3. The highest BCUT2D eigenvalue weighted by Gasteiger charge is 2.42. The van der Waals surface area contributed by atoms with Crippen LogP contribution in [0.4, 0.5) is 16.2 Å². The summed E-state index contributed by atoms with van der Waals surface area (Å²) in [4.78, 5) is 42.1. The number of fused-ring (bicyclic) bond motifs is 2. The van der Waals surface area contributed by atoms with E-state index in [-0.39, 0.29) is 41.3 Å². The number of ether oxygens (including phenoxy) is 4. The number of hydrogen-bond donors (Lipinski definition) is 4. The summed E-state index contributed by atoms with van der Waals surface area (Å²) in [6.45, 7) is 13.3. The second kappa shape index (κ2) is 21.8. The fraction of sp³-hybridized carbons (Fsp3) is 0.543. The van der Waals surface area contributed by atoms with Crippen LogP contribution >= 0.6 is 11.8 Å². The summed E-state index contributed by atoms with van der Waals surface area (Å²) < 4.78 is 22.0. The molecule has 2 saturated heterocycles. The largest absolute Gasteiger partial charge is 0.377 e. The molecular formula is C35H46N8O7S. The molecule has 0 unspecified atom stereocenters. The number of nitrogens with one attached hydrogen (secondary N) is 4. The monoisotopic (exact) mass is 722 g/mol. The van der Waals surface area contributed by atoms with Crippen molar-refractivity contribution in [2.24, 2.45) is 5.11 Å². The van der Waals surface area contributed by atoms with Crippen molar-refractivity contribution in [3.8, 4) is 0 Å². The SMILES string of the molecule is [C-]#[N+]c1cc2cc(/C(C)=C/C(=O)NCCOCCOCCOCCOCCNC(=O)CCCC[C@@H]3SC[C@@H]4NC(=O)N[C@@H]43)ccc2cc1N=[N+]=[N-]. The number of hydrogen-bond acceptors (Lipinski definition) is 9. The number of urea groups is 1. The standard InChI is InChI=1S/C35H46N8O7S/c1-24(25-7-8-26-21-29(42-43-36)28(37-2)22-27(26)20-25)19-33(45)39-10-12-48-14-16-50-18-17-49-15-13-47-11-9-38-32(44)6-4-3-5-31-34-30(23-51-31)40-35(46)41-34/h7-8,19-22,30-31,34H,3-6,9-18,23H2,1H3,(H,38,44)(H,39,45)(H2,40,41,46)/b24-19+/t30-,31-,34-/m0/s1. The van der Waals surface area contributed by atoms with Crippen LogP contribution in [0.3, 0.4) is 0 Å². The van der Waals surface area contributed by atoms with Crippen molar-refractivity contribution in [1.82, 2.24) is 21.3 Å². The molecule has 274 valence electrons. The molecular weight excluding hydrogens is 677 g/mol. The normalized spacial score (nSPS) is 18.0. The zero-order chi connectivity index (χ0) is 36.3. The number of rotatable bonds is 23. The third-order valence-corrected chi connectivity index (χ3v) is 9.83. The maximum atomic E-state index is 12.4. The fourth-order valence-electron chi connectivity index (χ4n) is 5.70. The molecule has 4 rings (SSSR count). The Morgan fingerprint density at radius 3 is 2.33 bits per heavy atom. The Labute approximate surface area is 302 Å². The van der Waals surface area contributed by atoms with Gasteiger partial charge in [0, 0.05) is 47.2 Å². The molecule has 4 amide bonds. The minimum Gasteiger partial charge on any atom is -0.377 e. The molecule has 51 heavy (non-hydrogen) atoms. The lowest BCUT2D eigenvalue weighted by Crippen LogP contribution is -2.36. The van der Waals surface area contributed by atoms with Crippen LogP contribution in [-0.4, -0.2) is 107 Å². The Balaban J connectivity index is 0.916. The van der Waals surface area contributed by atoms with E-state index in [4.69, 9.17) is 31.1 Å². The summed E-state index contributed by atoms with van der Waals surface area (Å²) in [7, 11) is 0. The van der Waals surface area contributed by atoms with Gasteiger partial charge in [0.25, 0.3) is 0 Å². The minimum atomic E-state index is -0.238. The third kappa shape index (κ3) is 13.4. The van der Waals surface area contributed by atoms with Crippen molar-refractivity contribution in [1.29, 1.82) is 0 Å². The van der Waals surface area contributed by atoms with Gasteiger partial charge in [-0.15, -0.1) is 0 Å². The zero-order valence-electron chi connectivity index (χ0n) is 28.9. The molecule has 0 aliphatic carbocycles. The van der Waals surface area contributed by atoms with Gasteiger partial charge in [0.1, 0.15) is 0 Å². The average molecular weight is 723 g/mol. The van der Waals surface area contributed by atoms with Crippen LogP contribution in [0.2, 0.25) is 0 Å². The Bertz CT molecular complexity index is 1610. The van der Waals surface area contributed by atoms with Crippen LogP contribution in [0, 0.1) is 6.57 Å². The number of allylic oxidation sites excluding steroid dienone is 1. The van der Waals surface area contributed by atoms with E-state index < -0.39 is 0 Å². The summed E-state index contributed by atoms with van der Waals surface area (Å²) in [5, 5.41) is 17.3. The minimum absolute atomic E-state index is 0.0262. The third-order valence-electron chi connectivity index (χ3n) is 8.32. The Morgan fingerprint density at radius 1 is 0.961 bits per heavy atom. The zero-order valence-corrected chi connectivity index (χ0v) is 29.7.